The molecule has 1 heterocycles. The summed E-state index contributed by atoms with van der Waals surface area (Å²) in [5.74, 6) is 3.41. The summed E-state index contributed by atoms with van der Waals surface area (Å²) in [6, 6.07) is 1.86. The van der Waals surface area contributed by atoms with Crippen LogP contribution in [0.25, 0.3) is 0 Å². The fourth-order valence-corrected chi connectivity index (χ4v) is 1.66. The number of aromatic nitrogens is 2. The van der Waals surface area contributed by atoms with Gasteiger partial charge in [0.25, 0.3) is 0 Å². The molecule has 1 fully saturated rings. The van der Waals surface area contributed by atoms with Crippen molar-refractivity contribution in [2.45, 2.75) is 32.6 Å². The normalized spacial score (nSPS) is 14.7. The zero-order chi connectivity index (χ0) is 13.7. The van der Waals surface area contributed by atoms with Gasteiger partial charge < -0.3 is 14.8 Å². The third kappa shape index (κ3) is 4.67. The van der Waals surface area contributed by atoms with Crippen LogP contribution in [-0.2, 0) is 4.74 Å². The van der Waals surface area contributed by atoms with Gasteiger partial charge in [-0.1, -0.05) is 13.8 Å². The van der Waals surface area contributed by atoms with Crippen molar-refractivity contribution in [1.82, 2.24) is 9.97 Å². The number of anilines is 1. The van der Waals surface area contributed by atoms with E-state index in [0.717, 1.165) is 18.2 Å². The van der Waals surface area contributed by atoms with Crippen molar-refractivity contribution in [3.05, 3.63) is 11.9 Å². The van der Waals surface area contributed by atoms with Gasteiger partial charge in [-0.25, -0.2) is 4.98 Å². The monoisotopic (exact) mass is 265 g/mol. The molecule has 5 heteroatoms. The predicted molar refractivity (Wildman–Crippen MR) is 74.7 cm³/mol. The first-order valence-electron chi connectivity index (χ1n) is 6.93. The number of nitrogens with one attached hydrogen (secondary N) is 1. The van der Waals surface area contributed by atoms with Crippen LogP contribution in [0.5, 0.6) is 5.88 Å². The Balaban J connectivity index is 2.03. The molecular weight excluding hydrogens is 242 g/mol. The lowest BCUT2D eigenvalue weighted by Gasteiger charge is -2.11. The SMILES string of the molecule is COCCNc1cc(OCC(C)C)nc(C2CC2)n1. The Kier molecular flexibility index (Phi) is 4.96. The molecule has 0 bridgehead atoms. The highest BCUT2D eigenvalue weighted by Crippen LogP contribution is 2.39. The highest BCUT2D eigenvalue weighted by atomic mass is 16.5. The van der Waals surface area contributed by atoms with Crippen LogP contribution in [0.2, 0.25) is 0 Å². The first-order chi connectivity index (χ1) is 9.19. The zero-order valence-corrected chi connectivity index (χ0v) is 12.0. The van der Waals surface area contributed by atoms with Crippen LogP contribution < -0.4 is 10.1 Å². The van der Waals surface area contributed by atoms with Gasteiger partial charge in [0.2, 0.25) is 5.88 Å². The van der Waals surface area contributed by atoms with Crippen molar-refractivity contribution < 1.29 is 9.47 Å². The Morgan fingerprint density at radius 1 is 1.37 bits per heavy atom. The van der Waals surface area contributed by atoms with Crippen LogP contribution in [0.4, 0.5) is 5.82 Å². The average Bonchev–Trinajstić information content (AvgIpc) is 3.21. The highest BCUT2D eigenvalue weighted by molar-refractivity contribution is 5.39. The molecule has 106 valence electrons. The standard InChI is InChI=1S/C14H23N3O2/c1-10(2)9-19-13-8-12(15-6-7-18-3)16-14(17-13)11-4-5-11/h8,10-11H,4-7,9H2,1-3H3,(H,15,16,17). The van der Waals surface area contributed by atoms with E-state index in [2.05, 4.69) is 29.1 Å². The maximum atomic E-state index is 5.71. The van der Waals surface area contributed by atoms with Crippen molar-refractivity contribution in [3.8, 4) is 5.88 Å². The van der Waals surface area contributed by atoms with E-state index in [4.69, 9.17) is 9.47 Å². The molecule has 0 aliphatic heterocycles. The molecule has 0 atom stereocenters. The fraction of sp³-hybridized carbons (Fsp3) is 0.714. The largest absolute Gasteiger partial charge is 0.477 e. The molecule has 1 N–H and O–H groups in total. The Morgan fingerprint density at radius 2 is 2.16 bits per heavy atom. The van der Waals surface area contributed by atoms with Gasteiger partial charge in [-0.15, -0.1) is 0 Å². The van der Waals surface area contributed by atoms with E-state index < -0.39 is 0 Å². The number of rotatable bonds is 8. The van der Waals surface area contributed by atoms with Crippen molar-refractivity contribution >= 4 is 5.82 Å². The first kappa shape index (κ1) is 14.1. The maximum absolute atomic E-state index is 5.71. The van der Waals surface area contributed by atoms with Gasteiger partial charge in [0.1, 0.15) is 11.6 Å². The number of nitrogens with zero attached hydrogens (tertiary/aromatic N) is 2. The van der Waals surface area contributed by atoms with Crippen LogP contribution in [-0.4, -0.2) is 36.8 Å². The molecule has 0 radical (unpaired) electrons. The molecule has 0 amide bonds. The van der Waals surface area contributed by atoms with Gasteiger partial charge in [-0.05, 0) is 18.8 Å². The van der Waals surface area contributed by atoms with E-state index in [9.17, 15) is 0 Å². The van der Waals surface area contributed by atoms with Crippen molar-refractivity contribution in [2.75, 3.05) is 32.2 Å². The summed E-state index contributed by atoms with van der Waals surface area (Å²) in [6.07, 6.45) is 2.37. The quantitative estimate of drug-likeness (QED) is 0.732. The minimum absolute atomic E-state index is 0.490. The van der Waals surface area contributed by atoms with Gasteiger partial charge in [0.15, 0.2) is 0 Å². The smallest absolute Gasteiger partial charge is 0.218 e. The summed E-state index contributed by atoms with van der Waals surface area (Å²) in [5, 5.41) is 3.24. The molecule has 1 aliphatic carbocycles. The molecule has 0 spiro atoms. The van der Waals surface area contributed by atoms with E-state index in [1.54, 1.807) is 7.11 Å². The van der Waals surface area contributed by atoms with E-state index in [0.29, 0.717) is 30.9 Å². The van der Waals surface area contributed by atoms with Crippen molar-refractivity contribution in [2.24, 2.45) is 5.92 Å². The summed E-state index contributed by atoms with van der Waals surface area (Å²) >= 11 is 0. The summed E-state index contributed by atoms with van der Waals surface area (Å²) in [5.41, 5.74) is 0. The van der Waals surface area contributed by atoms with Gasteiger partial charge in [0, 0.05) is 25.6 Å². The van der Waals surface area contributed by atoms with Crippen LogP contribution in [0.1, 0.15) is 38.4 Å². The number of ether oxygens (including phenoxy) is 2. The van der Waals surface area contributed by atoms with Gasteiger partial charge >= 0.3 is 0 Å². The summed E-state index contributed by atoms with van der Waals surface area (Å²) in [6.45, 7) is 6.33. The third-order valence-electron chi connectivity index (χ3n) is 2.84. The average molecular weight is 265 g/mol. The Morgan fingerprint density at radius 3 is 2.79 bits per heavy atom. The predicted octanol–water partition coefficient (Wildman–Crippen LogP) is 2.45. The topological polar surface area (TPSA) is 56.3 Å². The second-order valence-electron chi connectivity index (χ2n) is 5.35. The minimum Gasteiger partial charge on any atom is -0.477 e. The second kappa shape index (κ2) is 6.70. The van der Waals surface area contributed by atoms with E-state index >= 15 is 0 Å². The first-order valence-corrected chi connectivity index (χ1v) is 6.93. The highest BCUT2D eigenvalue weighted by Gasteiger charge is 2.27. The molecule has 1 aromatic heterocycles. The maximum Gasteiger partial charge on any atom is 0.218 e. The Bertz CT molecular complexity index is 406. The van der Waals surface area contributed by atoms with Crippen LogP contribution in [0, 0.1) is 5.92 Å². The third-order valence-corrected chi connectivity index (χ3v) is 2.84. The van der Waals surface area contributed by atoms with Crippen molar-refractivity contribution in [1.29, 1.82) is 0 Å². The lowest BCUT2D eigenvalue weighted by Crippen LogP contribution is -2.12. The van der Waals surface area contributed by atoms with E-state index in [-0.39, 0.29) is 0 Å². The molecule has 2 rings (SSSR count). The molecule has 0 saturated heterocycles. The molecule has 0 aromatic carbocycles. The second-order valence-corrected chi connectivity index (χ2v) is 5.35. The molecule has 5 nitrogen and oxygen atoms in total. The summed E-state index contributed by atoms with van der Waals surface area (Å²) < 4.78 is 10.7. The number of hydrogen-bond donors (Lipinski definition) is 1. The molecule has 19 heavy (non-hydrogen) atoms. The van der Waals surface area contributed by atoms with Crippen LogP contribution >= 0.6 is 0 Å². The lowest BCUT2D eigenvalue weighted by molar-refractivity contribution is 0.210. The molecule has 1 saturated carbocycles. The van der Waals surface area contributed by atoms with E-state index in [1.807, 2.05) is 6.07 Å². The zero-order valence-electron chi connectivity index (χ0n) is 12.0. The number of methoxy groups -OCH3 is 1. The Labute approximate surface area is 114 Å². The fourth-order valence-electron chi connectivity index (χ4n) is 1.66. The van der Waals surface area contributed by atoms with Crippen LogP contribution in [0.3, 0.4) is 0 Å². The van der Waals surface area contributed by atoms with Gasteiger partial charge in [0.05, 0.1) is 13.2 Å². The molecule has 1 aromatic rings. The summed E-state index contributed by atoms with van der Waals surface area (Å²) in [7, 11) is 1.69. The van der Waals surface area contributed by atoms with Crippen LogP contribution in [0.15, 0.2) is 6.07 Å². The molecular formula is C14H23N3O2. The van der Waals surface area contributed by atoms with E-state index in [1.165, 1.54) is 12.8 Å². The summed E-state index contributed by atoms with van der Waals surface area (Å²) in [4.78, 5) is 9.03. The minimum atomic E-state index is 0.490. The Hall–Kier alpha value is -1.36. The number of hydrogen-bond acceptors (Lipinski definition) is 5. The molecule has 0 unspecified atom stereocenters. The molecule has 1 aliphatic rings. The lowest BCUT2D eigenvalue weighted by atomic mass is 10.2. The van der Waals surface area contributed by atoms with Crippen molar-refractivity contribution in [3.63, 3.8) is 0 Å². The van der Waals surface area contributed by atoms with Gasteiger partial charge in [-0.2, -0.15) is 4.98 Å². The van der Waals surface area contributed by atoms with Gasteiger partial charge in [-0.3, -0.25) is 0 Å².